The number of likely N-dealkylation sites (N-methyl/N-ethyl adjacent to an activating group) is 1. The largest absolute Gasteiger partial charge is 0.492 e. The minimum absolute atomic E-state index is 0.127. The molecule has 7 nitrogen and oxygen atoms in total. The molecule has 3 aromatic rings. The Morgan fingerprint density at radius 2 is 1.82 bits per heavy atom. The van der Waals surface area contributed by atoms with E-state index in [9.17, 15) is 4.79 Å². The average Bonchev–Trinajstić information content (AvgIpc) is 3.12. The number of rotatable bonds is 8. The van der Waals surface area contributed by atoms with E-state index in [0.29, 0.717) is 36.2 Å². The summed E-state index contributed by atoms with van der Waals surface area (Å²) in [6.07, 6.45) is 0. The minimum atomic E-state index is -0.146. The lowest BCUT2D eigenvalue weighted by atomic mass is 10.2. The number of aryl methyl sites for hydroxylation is 2. The third kappa shape index (κ3) is 5.09. The first-order valence-corrected chi connectivity index (χ1v) is 8.99. The van der Waals surface area contributed by atoms with Crippen LogP contribution in [0.3, 0.4) is 0 Å². The third-order valence-electron chi connectivity index (χ3n) is 4.11. The van der Waals surface area contributed by atoms with Crippen LogP contribution in [0.15, 0.2) is 53.1 Å². The molecule has 0 aliphatic heterocycles. The Morgan fingerprint density at radius 1 is 1.07 bits per heavy atom. The maximum absolute atomic E-state index is 12.8. The number of carbonyl (C=O) groups is 1. The maximum atomic E-state index is 12.8. The lowest BCUT2D eigenvalue weighted by Crippen LogP contribution is -2.31. The van der Waals surface area contributed by atoms with Gasteiger partial charge in [0.2, 0.25) is 11.7 Å². The van der Waals surface area contributed by atoms with Gasteiger partial charge in [-0.1, -0.05) is 35.0 Å². The number of carbonyl (C=O) groups excluding carboxylic acids is 1. The lowest BCUT2D eigenvalue weighted by Gasteiger charge is -2.19. The van der Waals surface area contributed by atoms with Crippen molar-refractivity contribution in [1.82, 2.24) is 15.0 Å². The minimum Gasteiger partial charge on any atom is -0.492 e. The third-order valence-corrected chi connectivity index (χ3v) is 4.11. The first-order chi connectivity index (χ1) is 13.5. The summed E-state index contributed by atoms with van der Waals surface area (Å²) in [7, 11) is 1.74. The van der Waals surface area contributed by atoms with E-state index in [2.05, 4.69) is 10.1 Å². The molecule has 0 spiro atoms. The summed E-state index contributed by atoms with van der Waals surface area (Å²) in [6, 6.07) is 14.9. The summed E-state index contributed by atoms with van der Waals surface area (Å²) in [5.41, 5.74) is 1.65. The fourth-order valence-corrected chi connectivity index (χ4v) is 2.55. The maximum Gasteiger partial charge on any atom is 0.257 e. The Balaban J connectivity index is 1.57. The molecule has 0 atom stereocenters. The van der Waals surface area contributed by atoms with Gasteiger partial charge in [-0.3, -0.25) is 4.79 Å². The van der Waals surface area contributed by atoms with Gasteiger partial charge in [-0.05, 0) is 31.2 Å². The van der Waals surface area contributed by atoms with Crippen LogP contribution in [0.2, 0.25) is 0 Å². The van der Waals surface area contributed by atoms with Gasteiger partial charge in [-0.15, -0.1) is 0 Å². The first kappa shape index (κ1) is 19.4. The van der Waals surface area contributed by atoms with Gasteiger partial charge >= 0.3 is 0 Å². The molecule has 3 rings (SSSR count). The highest BCUT2D eigenvalue weighted by Gasteiger charge is 2.17. The fourth-order valence-electron chi connectivity index (χ4n) is 2.55. The van der Waals surface area contributed by atoms with Crippen LogP contribution in [0.4, 0.5) is 0 Å². The molecule has 7 heteroatoms. The van der Waals surface area contributed by atoms with Crippen LogP contribution in [0.25, 0.3) is 0 Å². The number of nitrogens with zero attached hydrogens (tertiary/aromatic N) is 3. The van der Waals surface area contributed by atoms with Gasteiger partial charge < -0.3 is 18.9 Å². The van der Waals surface area contributed by atoms with Crippen molar-refractivity contribution in [1.29, 1.82) is 0 Å². The molecule has 28 heavy (non-hydrogen) atoms. The zero-order valence-electron chi connectivity index (χ0n) is 16.2. The van der Waals surface area contributed by atoms with E-state index in [-0.39, 0.29) is 12.5 Å². The molecule has 0 aliphatic rings. The molecule has 0 saturated carbocycles. The van der Waals surface area contributed by atoms with E-state index in [4.69, 9.17) is 14.0 Å². The van der Waals surface area contributed by atoms with Gasteiger partial charge in [-0.2, -0.15) is 4.98 Å². The molecular weight excluding hydrogens is 358 g/mol. The van der Waals surface area contributed by atoms with Crippen LogP contribution in [0.5, 0.6) is 11.5 Å². The molecule has 2 aromatic carbocycles. The van der Waals surface area contributed by atoms with E-state index in [1.165, 1.54) is 5.56 Å². The molecule has 0 aliphatic carbocycles. The smallest absolute Gasteiger partial charge is 0.257 e. The molecular formula is C21H23N3O4. The van der Waals surface area contributed by atoms with Crippen molar-refractivity contribution in [2.75, 3.05) is 20.2 Å². The predicted molar refractivity (Wildman–Crippen MR) is 103 cm³/mol. The monoisotopic (exact) mass is 381 g/mol. The van der Waals surface area contributed by atoms with Crippen molar-refractivity contribution in [3.05, 3.63) is 71.4 Å². The highest BCUT2D eigenvalue weighted by Crippen LogP contribution is 2.20. The van der Waals surface area contributed by atoms with Crippen molar-refractivity contribution in [2.45, 2.75) is 20.5 Å². The first-order valence-electron chi connectivity index (χ1n) is 8.99. The van der Waals surface area contributed by atoms with Gasteiger partial charge in [0.25, 0.3) is 5.91 Å². The molecule has 0 bridgehead atoms. The van der Waals surface area contributed by atoms with Crippen LogP contribution in [0, 0.1) is 13.8 Å². The van der Waals surface area contributed by atoms with Crippen molar-refractivity contribution >= 4 is 5.91 Å². The van der Waals surface area contributed by atoms with Crippen LogP contribution in [-0.2, 0) is 6.61 Å². The fraction of sp³-hybridized carbons (Fsp3) is 0.286. The van der Waals surface area contributed by atoms with Crippen molar-refractivity contribution in [3.8, 4) is 11.5 Å². The second kappa shape index (κ2) is 9.03. The number of hydrogen-bond acceptors (Lipinski definition) is 6. The van der Waals surface area contributed by atoms with Gasteiger partial charge in [0, 0.05) is 14.0 Å². The second-order valence-electron chi connectivity index (χ2n) is 6.40. The quantitative estimate of drug-likeness (QED) is 0.595. The second-order valence-corrected chi connectivity index (χ2v) is 6.40. The van der Waals surface area contributed by atoms with E-state index < -0.39 is 0 Å². The molecule has 0 unspecified atom stereocenters. The summed E-state index contributed by atoms with van der Waals surface area (Å²) in [6.45, 7) is 4.71. The van der Waals surface area contributed by atoms with Gasteiger partial charge in [0.1, 0.15) is 18.1 Å². The number of aromatic nitrogens is 2. The number of hydrogen-bond donors (Lipinski definition) is 0. The Kier molecular flexibility index (Phi) is 6.26. The summed E-state index contributed by atoms with van der Waals surface area (Å²) < 4.78 is 16.4. The van der Waals surface area contributed by atoms with Crippen molar-refractivity contribution in [3.63, 3.8) is 0 Å². The molecule has 0 radical (unpaired) electrons. The Morgan fingerprint density at radius 3 is 2.54 bits per heavy atom. The molecule has 146 valence electrons. The van der Waals surface area contributed by atoms with Gasteiger partial charge in [0.15, 0.2) is 6.61 Å². The van der Waals surface area contributed by atoms with E-state index >= 15 is 0 Å². The molecule has 0 N–H and O–H groups in total. The topological polar surface area (TPSA) is 77.7 Å². The molecule has 1 amide bonds. The van der Waals surface area contributed by atoms with Crippen molar-refractivity contribution in [2.24, 2.45) is 0 Å². The van der Waals surface area contributed by atoms with Gasteiger partial charge in [-0.25, -0.2) is 0 Å². The summed E-state index contributed by atoms with van der Waals surface area (Å²) in [5, 5.41) is 3.79. The predicted octanol–water partition coefficient (Wildman–Crippen LogP) is 3.42. The number of benzene rings is 2. The number of ether oxygens (including phenoxy) is 2. The average molecular weight is 381 g/mol. The van der Waals surface area contributed by atoms with Crippen LogP contribution in [0.1, 0.15) is 27.6 Å². The number of amides is 1. The van der Waals surface area contributed by atoms with Crippen LogP contribution in [-0.4, -0.2) is 41.1 Å². The standard InChI is InChI=1S/C21H23N3O4/c1-15-8-10-17(11-9-15)26-13-12-24(3)21(25)18-6-4-5-7-19(18)27-14-20-22-16(2)28-23-20/h4-11H,12-14H2,1-3H3. The molecule has 1 heterocycles. The number of para-hydroxylation sites is 1. The van der Waals surface area contributed by atoms with Crippen molar-refractivity contribution < 1.29 is 18.8 Å². The summed E-state index contributed by atoms with van der Waals surface area (Å²) in [4.78, 5) is 18.5. The van der Waals surface area contributed by atoms with Crippen LogP contribution >= 0.6 is 0 Å². The lowest BCUT2D eigenvalue weighted by molar-refractivity contribution is 0.0768. The Bertz CT molecular complexity index is 921. The summed E-state index contributed by atoms with van der Waals surface area (Å²) in [5.74, 6) is 2.01. The highest BCUT2D eigenvalue weighted by atomic mass is 16.5. The highest BCUT2D eigenvalue weighted by molar-refractivity contribution is 5.96. The normalized spacial score (nSPS) is 10.5. The SMILES string of the molecule is Cc1ccc(OCCN(C)C(=O)c2ccccc2OCc2noc(C)n2)cc1. The Labute approximate surface area is 163 Å². The van der Waals surface area contributed by atoms with E-state index in [1.807, 2.05) is 37.3 Å². The molecule has 0 saturated heterocycles. The van der Waals surface area contributed by atoms with E-state index in [1.54, 1.807) is 37.1 Å². The Hall–Kier alpha value is -3.35. The zero-order valence-corrected chi connectivity index (χ0v) is 16.2. The molecule has 0 fully saturated rings. The van der Waals surface area contributed by atoms with E-state index in [0.717, 1.165) is 5.75 Å². The molecule has 1 aromatic heterocycles. The van der Waals surface area contributed by atoms with Gasteiger partial charge in [0.05, 0.1) is 12.1 Å². The summed E-state index contributed by atoms with van der Waals surface area (Å²) >= 11 is 0. The zero-order chi connectivity index (χ0) is 19.9. The van der Waals surface area contributed by atoms with Crippen LogP contribution < -0.4 is 9.47 Å².